The Morgan fingerprint density at radius 3 is 2.89 bits per heavy atom. The number of benzene rings is 2. The molecule has 0 saturated heterocycles. The summed E-state index contributed by atoms with van der Waals surface area (Å²) in [5, 5.41) is 12.4. The number of hydrogen-bond donors (Lipinski definition) is 1. The van der Waals surface area contributed by atoms with Gasteiger partial charge in [-0.2, -0.15) is 0 Å². The largest absolute Gasteiger partial charge is 0.390 e. The SMILES string of the molecule is Cc1nc(SC[C@@H](O)CO[C@@H]2CCCc3ccccc32)c2ccccc2n1. The average Bonchev–Trinajstić information content (AvgIpc) is 2.70. The molecule has 1 aliphatic carbocycles. The first-order valence-corrected chi connectivity index (χ1v) is 10.4. The molecule has 0 unspecified atom stereocenters. The molecule has 1 N–H and O–H groups in total. The first kappa shape index (κ1) is 18.4. The minimum atomic E-state index is -0.530. The van der Waals surface area contributed by atoms with Crippen LogP contribution in [0.2, 0.25) is 0 Å². The van der Waals surface area contributed by atoms with Crippen LogP contribution in [0.25, 0.3) is 10.9 Å². The van der Waals surface area contributed by atoms with E-state index in [1.54, 1.807) is 11.8 Å². The Balaban J connectivity index is 1.37. The summed E-state index contributed by atoms with van der Waals surface area (Å²) in [5.74, 6) is 1.30. The lowest BCUT2D eigenvalue weighted by Gasteiger charge is -2.26. The minimum absolute atomic E-state index is 0.0942. The molecule has 1 heterocycles. The van der Waals surface area contributed by atoms with Gasteiger partial charge in [0.15, 0.2) is 0 Å². The van der Waals surface area contributed by atoms with Gasteiger partial charge in [0.2, 0.25) is 0 Å². The molecule has 0 radical (unpaired) electrons. The second kappa shape index (κ2) is 8.38. The molecule has 4 nitrogen and oxygen atoms in total. The summed E-state index contributed by atoms with van der Waals surface area (Å²) in [4.78, 5) is 9.02. The normalized spacial score (nSPS) is 17.6. The van der Waals surface area contributed by atoms with Crippen LogP contribution >= 0.6 is 11.8 Å². The highest BCUT2D eigenvalue weighted by atomic mass is 32.2. The molecule has 2 atom stereocenters. The first-order valence-electron chi connectivity index (χ1n) is 9.44. The molecule has 0 fully saturated rings. The predicted octanol–water partition coefficient (Wildman–Crippen LogP) is 4.49. The lowest BCUT2D eigenvalue weighted by atomic mass is 9.89. The van der Waals surface area contributed by atoms with E-state index in [1.165, 1.54) is 11.1 Å². The zero-order valence-corrected chi connectivity index (χ0v) is 16.3. The number of aliphatic hydroxyl groups is 1. The fraction of sp³-hybridized carbons (Fsp3) is 0.364. The number of thioether (sulfide) groups is 1. The lowest BCUT2D eigenvalue weighted by Crippen LogP contribution is -2.22. The van der Waals surface area contributed by atoms with E-state index in [2.05, 4.69) is 34.2 Å². The molecule has 1 aliphatic rings. The van der Waals surface area contributed by atoms with Gasteiger partial charge in [-0.1, -0.05) is 42.5 Å². The van der Waals surface area contributed by atoms with Crippen LogP contribution in [0.15, 0.2) is 53.6 Å². The van der Waals surface area contributed by atoms with E-state index < -0.39 is 6.10 Å². The highest BCUT2D eigenvalue weighted by Gasteiger charge is 2.21. The van der Waals surface area contributed by atoms with Crippen molar-refractivity contribution in [2.75, 3.05) is 12.4 Å². The number of aliphatic hydroxyl groups excluding tert-OH is 1. The third-order valence-electron chi connectivity index (χ3n) is 4.90. The molecule has 2 aromatic carbocycles. The van der Waals surface area contributed by atoms with Crippen LogP contribution < -0.4 is 0 Å². The number of rotatable bonds is 6. The fourth-order valence-corrected chi connectivity index (χ4v) is 4.57. The van der Waals surface area contributed by atoms with Gasteiger partial charge in [-0.05, 0) is 43.4 Å². The molecule has 4 rings (SSSR count). The van der Waals surface area contributed by atoms with Gasteiger partial charge in [-0.25, -0.2) is 9.97 Å². The zero-order chi connectivity index (χ0) is 18.6. The van der Waals surface area contributed by atoms with Crippen molar-refractivity contribution in [1.29, 1.82) is 0 Å². The number of nitrogens with zero attached hydrogens (tertiary/aromatic N) is 2. The van der Waals surface area contributed by atoms with Crippen molar-refractivity contribution in [3.05, 3.63) is 65.5 Å². The van der Waals surface area contributed by atoms with Gasteiger partial charge in [0.1, 0.15) is 10.9 Å². The molecule has 140 valence electrons. The third-order valence-corrected chi connectivity index (χ3v) is 6.03. The molecule has 1 aromatic heterocycles. The highest BCUT2D eigenvalue weighted by molar-refractivity contribution is 7.99. The van der Waals surface area contributed by atoms with Gasteiger partial charge in [0.25, 0.3) is 0 Å². The minimum Gasteiger partial charge on any atom is -0.390 e. The standard InChI is InChI=1S/C22H24N2O2S/c1-15-23-20-11-5-4-10-19(20)22(24-15)27-14-17(25)13-26-21-12-6-8-16-7-2-3-9-18(16)21/h2-5,7,9-11,17,21,25H,6,8,12-14H2,1H3/t17-,21+/m0/s1. The second-order valence-corrected chi connectivity index (χ2v) is 7.98. The number of aromatic nitrogens is 2. The average molecular weight is 381 g/mol. The summed E-state index contributed by atoms with van der Waals surface area (Å²) in [7, 11) is 0. The first-order chi connectivity index (χ1) is 13.2. The van der Waals surface area contributed by atoms with Gasteiger partial charge in [-0.3, -0.25) is 0 Å². The van der Waals surface area contributed by atoms with Crippen LogP contribution in [0.5, 0.6) is 0 Å². The molecule has 0 aliphatic heterocycles. The van der Waals surface area contributed by atoms with E-state index >= 15 is 0 Å². The Hall–Kier alpha value is -1.95. The lowest BCUT2D eigenvalue weighted by molar-refractivity contribution is -0.00959. The maximum absolute atomic E-state index is 10.4. The van der Waals surface area contributed by atoms with Crippen LogP contribution in [-0.4, -0.2) is 33.5 Å². The molecule has 27 heavy (non-hydrogen) atoms. The maximum Gasteiger partial charge on any atom is 0.127 e. The Morgan fingerprint density at radius 1 is 1.15 bits per heavy atom. The van der Waals surface area contributed by atoms with E-state index in [9.17, 15) is 5.11 Å². The van der Waals surface area contributed by atoms with Crippen molar-refractivity contribution in [3.8, 4) is 0 Å². The molecule has 5 heteroatoms. The molecule has 0 amide bonds. The Labute approximate surface area is 164 Å². The van der Waals surface area contributed by atoms with Crippen molar-refractivity contribution in [2.24, 2.45) is 0 Å². The van der Waals surface area contributed by atoms with E-state index in [-0.39, 0.29) is 6.10 Å². The Kier molecular flexibility index (Phi) is 5.72. The second-order valence-electron chi connectivity index (χ2n) is 6.97. The summed E-state index contributed by atoms with van der Waals surface area (Å²) in [5.41, 5.74) is 3.60. The van der Waals surface area contributed by atoms with Gasteiger partial charge >= 0.3 is 0 Å². The van der Waals surface area contributed by atoms with Crippen molar-refractivity contribution < 1.29 is 9.84 Å². The van der Waals surface area contributed by atoms with E-state index in [1.807, 2.05) is 31.2 Å². The molecule has 3 aromatic rings. The summed E-state index contributed by atoms with van der Waals surface area (Å²) >= 11 is 1.56. The summed E-state index contributed by atoms with van der Waals surface area (Å²) in [6, 6.07) is 16.5. The van der Waals surface area contributed by atoms with Crippen LogP contribution in [0.4, 0.5) is 0 Å². The number of hydrogen-bond acceptors (Lipinski definition) is 5. The van der Waals surface area contributed by atoms with Crippen LogP contribution in [0.3, 0.4) is 0 Å². The van der Waals surface area contributed by atoms with Gasteiger partial charge in [-0.15, -0.1) is 11.8 Å². The van der Waals surface area contributed by atoms with Crippen LogP contribution in [0, 0.1) is 6.92 Å². The summed E-state index contributed by atoms with van der Waals surface area (Å²) in [6.07, 6.45) is 2.84. The smallest absolute Gasteiger partial charge is 0.127 e. The highest BCUT2D eigenvalue weighted by Crippen LogP contribution is 2.32. The Bertz CT molecular complexity index is 931. The van der Waals surface area contributed by atoms with Gasteiger partial charge in [0, 0.05) is 11.1 Å². The summed E-state index contributed by atoms with van der Waals surface area (Å²) in [6.45, 7) is 2.24. The fourth-order valence-electron chi connectivity index (χ4n) is 3.60. The number of aryl methyl sites for hydroxylation is 2. The third kappa shape index (κ3) is 4.32. The van der Waals surface area contributed by atoms with E-state index in [4.69, 9.17) is 4.74 Å². The van der Waals surface area contributed by atoms with Gasteiger partial charge in [0.05, 0.1) is 24.3 Å². The van der Waals surface area contributed by atoms with Crippen LogP contribution in [0.1, 0.15) is 35.9 Å². The summed E-state index contributed by atoms with van der Waals surface area (Å²) < 4.78 is 6.07. The van der Waals surface area contributed by atoms with E-state index in [0.717, 1.165) is 41.0 Å². The number of fused-ring (bicyclic) bond motifs is 2. The molecular weight excluding hydrogens is 356 g/mol. The molecule has 0 spiro atoms. The van der Waals surface area contributed by atoms with Gasteiger partial charge < -0.3 is 9.84 Å². The molecular formula is C22H24N2O2S. The topological polar surface area (TPSA) is 55.2 Å². The van der Waals surface area contributed by atoms with Crippen molar-refractivity contribution in [2.45, 2.75) is 43.4 Å². The van der Waals surface area contributed by atoms with Crippen molar-refractivity contribution >= 4 is 22.7 Å². The number of para-hydroxylation sites is 1. The Morgan fingerprint density at radius 2 is 1.96 bits per heavy atom. The quantitative estimate of drug-likeness (QED) is 0.504. The molecule has 0 saturated carbocycles. The predicted molar refractivity (Wildman–Crippen MR) is 109 cm³/mol. The maximum atomic E-state index is 10.4. The van der Waals surface area contributed by atoms with E-state index in [0.29, 0.717) is 12.4 Å². The van der Waals surface area contributed by atoms with Crippen molar-refractivity contribution in [1.82, 2.24) is 9.97 Å². The number of ether oxygens (including phenoxy) is 1. The zero-order valence-electron chi connectivity index (χ0n) is 15.5. The molecule has 0 bridgehead atoms. The monoisotopic (exact) mass is 380 g/mol. The van der Waals surface area contributed by atoms with Crippen LogP contribution in [-0.2, 0) is 11.2 Å². The van der Waals surface area contributed by atoms with Crippen molar-refractivity contribution in [3.63, 3.8) is 0 Å².